The summed E-state index contributed by atoms with van der Waals surface area (Å²) in [6, 6.07) is 3.75. The number of aliphatic hydroxyl groups is 2. The quantitative estimate of drug-likeness (QED) is 0.786. The first-order chi connectivity index (χ1) is 8.15. The van der Waals surface area contributed by atoms with Crippen LogP contribution in [0.1, 0.15) is 36.4 Å². The lowest BCUT2D eigenvalue weighted by Crippen LogP contribution is -1.98. The zero-order valence-electron chi connectivity index (χ0n) is 10.0. The molecule has 2 N–H and O–H groups in total. The molecule has 3 heteroatoms. The monoisotopic (exact) mass is 248 g/mol. The highest BCUT2D eigenvalue weighted by Crippen LogP contribution is 2.14. The summed E-state index contributed by atoms with van der Waals surface area (Å²) in [5.41, 5.74) is 0. The van der Waals surface area contributed by atoms with Gasteiger partial charge in [-0.05, 0) is 25.0 Å². The van der Waals surface area contributed by atoms with Crippen molar-refractivity contribution in [2.45, 2.75) is 38.9 Å². The van der Waals surface area contributed by atoms with E-state index in [9.17, 15) is 10.2 Å². The second-order valence-electron chi connectivity index (χ2n) is 3.55. The van der Waals surface area contributed by atoms with Gasteiger partial charge in [-0.15, -0.1) is 11.3 Å². The van der Waals surface area contributed by atoms with E-state index in [1.165, 1.54) is 11.3 Å². The topological polar surface area (TPSA) is 40.5 Å². The molecule has 0 aliphatic carbocycles. The Hall–Kier alpha value is -1.26. The van der Waals surface area contributed by atoms with Crippen LogP contribution in [0.2, 0.25) is 0 Å². The van der Waals surface area contributed by atoms with E-state index >= 15 is 0 Å². The van der Waals surface area contributed by atoms with Crippen molar-refractivity contribution in [2.75, 3.05) is 0 Å². The van der Waals surface area contributed by atoms with Gasteiger partial charge in [0.15, 0.2) is 0 Å². The molecule has 2 atom stereocenters. The summed E-state index contributed by atoms with van der Waals surface area (Å²) >= 11 is 1.47. The maximum atomic E-state index is 9.30. The summed E-state index contributed by atoms with van der Waals surface area (Å²) in [4.78, 5) is 1.76. The van der Waals surface area contributed by atoms with Gasteiger partial charge in [-0.25, -0.2) is 0 Å². The van der Waals surface area contributed by atoms with Crippen LogP contribution in [0.5, 0.6) is 0 Å². The van der Waals surface area contributed by atoms with Crippen molar-refractivity contribution in [3.8, 4) is 23.7 Å². The first-order valence-corrected chi connectivity index (χ1v) is 6.46. The van der Waals surface area contributed by atoms with E-state index in [4.69, 9.17) is 0 Å². The third-order valence-electron chi connectivity index (χ3n) is 2.10. The Labute approximate surface area is 106 Å². The number of hydrogen-bond donors (Lipinski definition) is 2. The lowest BCUT2D eigenvalue weighted by molar-refractivity contribution is 0.228. The fraction of sp³-hybridized carbons (Fsp3) is 0.429. The van der Waals surface area contributed by atoms with Gasteiger partial charge in [0, 0.05) is 0 Å². The summed E-state index contributed by atoms with van der Waals surface area (Å²) in [5.74, 6) is 11.3. The molecule has 1 heterocycles. The number of thiophene rings is 1. The number of aliphatic hydroxyl groups excluding tert-OH is 2. The predicted molar refractivity (Wildman–Crippen MR) is 70.7 cm³/mol. The highest BCUT2D eigenvalue weighted by atomic mass is 32.1. The Morgan fingerprint density at radius 2 is 1.41 bits per heavy atom. The predicted octanol–water partition coefficient (Wildman–Crippen LogP) is 1.99. The minimum Gasteiger partial charge on any atom is -0.380 e. The molecule has 17 heavy (non-hydrogen) atoms. The van der Waals surface area contributed by atoms with E-state index in [0.29, 0.717) is 12.8 Å². The SMILES string of the molecule is CCC(O)C#Cc1ccc(C#CC(O)CC)s1. The van der Waals surface area contributed by atoms with Gasteiger partial charge in [-0.3, -0.25) is 0 Å². The summed E-state index contributed by atoms with van der Waals surface area (Å²) in [7, 11) is 0. The van der Waals surface area contributed by atoms with Crippen LogP contribution in [0.4, 0.5) is 0 Å². The van der Waals surface area contributed by atoms with Crippen LogP contribution < -0.4 is 0 Å². The number of rotatable bonds is 2. The highest BCUT2D eigenvalue weighted by Gasteiger charge is 1.97. The van der Waals surface area contributed by atoms with Crippen LogP contribution in [0.15, 0.2) is 12.1 Å². The second-order valence-corrected chi connectivity index (χ2v) is 4.63. The molecule has 0 aliphatic heterocycles. The van der Waals surface area contributed by atoms with Gasteiger partial charge in [0.05, 0.1) is 9.75 Å². The van der Waals surface area contributed by atoms with Gasteiger partial charge < -0.3 is 10.2 Å². The Kier molecular flexibility index (Phi) is 5.80. The highest BCUT2D eigenvalue weighted by molar-refractivity contribution is 7.13. The molecule has 0 spiro atoms. The molecule has 1 rings (SSSR count). The summed E-state index contributed by atoms with van der Waals surface area (Å²) in [6.07, 6.45) is 0.142. The van der Waals surface area contributed by atoms with Crippen molar-refractivity contribution in [3.05, 3.63) is 21.9 Å². The summed E-state index contributed by atoms with van der Waals surface area (Å²) in [5, 5.41) is 18.6. The van der Waals surface area contributed by atoms with Crippen molar-refractivity contribution < 1.29 is 10.2 Å². The van der Waals surface area contributed by atoms with E-state index < -0.39 is 12.2 Å². The third-order valence-corrected chi connectivity index (χ3v) is 3.02. The minimum absolute atomic E-state index is 0.562. The number of hydrogen-bond acceptors (Lipinski definition) is 3. The zero-order chi connectivity index (χ0) is 12.7. The van der Waals surface area contributed by atoms with Crippen LogP contribution in [-0.4, -0.2) is 22.4 Å². The van der Waals surface area contributed by atoms with Crippen molar-refractivity contribution >= 4 is 11.3 Å². The van der Waals surface area contributed by atoms with Gasteiger partial charge in [-0.2, -0.15) is 0 Å². The summed E-state index contributed by atoms with van der Waals surface area (Å²) in [6.45, 7) is 3.77. The molecule has 0 fully saturated rings. The normalized spacial score (nSPS) is 12.9. The molecule has 0 saturated heterocycles. The van der Waals surface area contributed by atoms with Gasteiger partial charge in [0.1, 0.15) is 12.2 Å². The third kappa shape index (κ3) is 5.06. The lowest BCUT2D eigenvalue weighted by atomic mass is 10.3. The van der Waals surface area contributed by atoms with Crippen molar-refractivity contribution in [1.82, 2.24) is 0 Å². The lowest BCUT2D eigenvalue weighted by Gasteiger charge is -1.93. The molecule has 0 radical (unpaired) electrons. The maximum Gasteiger partial charge on any atom is 0.114 e. The molecule has 0 bridgehead atoms. The smallest absolute Gasteiger partial charge is 0.114 e. The molecule has 0 aliphatic rings. The van der Waals surface area contributed by atoms with Crippen molar-refractivity contribution in [3.63, 3.8) is 0 Å². The van der Waals surface area contributed by atoms with Gasteiger partial charge in [0.25, 0.3) is 0 Å². The van der Waals surface area contributed by atoms with Crippen LogP contribution in [-0.2, 0) is 0 Å². The molecule has 2 unspecified atom stereocenters. The Bertz CT molecular complexity index is 425. The summed E-state index contributed by atoms with van der Waals surface area (Å²) < 4.78 is 0. The molecule has 0 saturated carbocycles. The van der Waals surface area contributed by atoms with E-state index in [1.807, 2.05) is 26.0 Å². The first kappa shape index (κ1) is 13.8. The van der Waals surface area contributed by atoms with E-state index in [2.05, 4.69) is 23.7 Å². The molecular formula is C14H16O2S. The molecule has 1 aromatic rings. The average molecular weight is 248 g/mol. The fourth-order valence-corrected chi connectivity index (χ4v) is 1.71. The molecule has 1 aromatic heterocycles. The molecule has 0 aromatic carbocycles. The van der Waals surface area contributed by atoms with Crippen molar-refractivity contribution in [2.24, 2.45) is 0 Å². The van der Waals surface area contributed by atoms with E-state index in [-0.39, 0.29) is 0 Å². The van der Waals surface area contributed by atoms with Gasteiger partial charge in [0.2, 0.25) is 0 Å². The Balaban J connectivity index is 2.70. The molecule has 0 amide bonds. The van der Waals surface area contributed by atoms with Crippen LogP contribution in [0.25, 0.3) is 0 Å². The average Bonchev–Trinajstić information content (AvgIpc) is 2.80. The van der Waals surface area contributed by atoms with E-state index in [0.717, 1.165) is 9.75 Å². The van der Waals surface area contributed by atoms with Crippen LogP contribution in [0, 0.1) is 23.7 Å². The zero-order valence-corrected chi connectivity index (χ0v) is 10.8. The standard InChI is InChI=1S/C14H16O2S/c1-3-11(15)5-7-13-9-10-14(17-13)8-6-12(16)4-2/h9-12,15-16H,3-4H2,1-2H3. The van der Waals surface area contributed by atoms with Crippen LogP contribution in [0.3, 0.4) is 0 Å². The van der Waals surface area contributed by atoms with Crippen molar-refractivity contribution in [1.29, 1.82) is 0 Å². The maximum absolute atomic E-state index is 9.30. The first-order valence-electron chi connectivity index (χ1n) is 5.64. The fourth-order valence-electron chi connectivity index (χ4n) is 0.985. The van der Waals surface area contributed by atoms with Gasteiger partial charge in [-0.1, -0.05) is 37.5 Å². The Morgan fingerprint density at radius 1 is 1.00 bits per heavy atom. The van der Waals surface area contributed by atoms with Crippen LogP contribution >= 0.6 is 11.3 Å². The van der Waals surface area contributed by atoms with E-state index in [1.54, 1.807) is 0 Å². The molecule has 90 valence electrons. The Morgan fingerprint density at radius 3 is 1.76 bits per heavy atom. The minimum atomic E-state index is -0.562. The van der Waals surface area contributed by atoms with Gasteiger partial charge >= 0.3 is 0 Å². The molecule has 2 nitrogen and oxygen atoms in total. The largest absolute Gasteiger partial charge is 0.380 e. The molecular weight excluding hydrogens is 232 g/mol. The second kappa shape index (κ2) is 7.14.